The van der Waals surface area contributed by atoms with E-state index in [1.165, 1.54) is 0 Å². The minimum absolute atomic E-state index is 0.314. The van der Waals surface area contributed by atoms with Gasteiger partial charge >= 0.3 is 0 Å². The molecule has 0 saturated carbocycles. The lowest BCUT2D eigenvalue weighted by Crippen LogP contribution is -2.36. The van der Waals surface area contributed by atoms with Gasteiger partial charge in [0.2, 0.25) is 0 Å². The van der Waals surface area contributed by atoms with Gasteiger partial charge in [0.15, 0.2) is 5.82 Å². The van der Waals surface area contributed by atoms with Gasteiger partial charge in [-0.15, -0.1) is 5.10 Å². The van der Waals surface area contributed by atoms with Crippen LogP contribution < -0.4 is 21.1 Å². The van der Waals surface area contributed by atoms with Gasteiger partial charge in [0.1, 0.15) is 11.6 Å². The molecule has 0 bridgehead atoms. The third-order valence-corrected chi connectivity index (χ3v) is 6.37. The molecule has 2 fully saturated rings. The smallest absolute Gasteiger partial charge is 0.256 e. The molecule has 5 rings (SSSR count). The molecule has 5 heterocycles. The van der Waals surface area contributed by atoms with Crippen molar-refractivity contribution < 1.29 is 0 Å². The molecule has 0 aromatic carbocycles. The van der Waals surface area contributed by atoms with Gasteiger partial charge in [-0.3, -0.25) is 4.98 Å². The topological polar surface area (TPSA) is 95.3 Å². The average molecular weight is 408 g/mol. The lowest BCUT2D eigenvalue weighted by atomic mass is 10.0. The van der Waals surface area contributed by atoms with Gasteiger partial charge in [-0.2, -0.15) is 14.5 Å². The number of pyridine rings is 1. The van der Waals surface area contributed by atoms with Crippen LogP contribution in [0.4, 0.5) is 11.6 Å². The van der Waals surface area contributed by atoms with E-state index in [1.807, 2.05) is 16.6 Å². The Morgan fingerprint density at radius 2 is 1.80 bits per heavy atom. The summed E-state index contributed by atoms with van der Waals surface area (Å²) in [6.07, 6.45) is 3.52. The van der Waals surface area contributed by atoms with Crippen molar-refractivity contribution in [3.63, 3.8) is 0 Å². The second-order valence-corrected chi connectivity index (χ2v) is 8.77. The average Bonchev–Trinajstić information content (AvgIpc) is 3.46. The second kappa shape index (κ2) is 7.81. The maximum Gasteiger partial charge on any atom is 0.256 e. The number of rotatable bonds is 6. The largest absolute Gasteiger partial charge is 0.356 e. The molecular formula is C21H29N9. The fourth-order valence-electron chi connectivity index (χ4n) is 4.16. The summed E-state index contributed by atoms with van der Waals surface area (Å²) in [5.41, 5.74) is 7.58. The monoisotopic (exact) mass is 407 g/mol. The van der Waals surface area contributed by atoms with Crippen LogP contribution in [0.3, 0.4) is 0 Å². The number of nitrogens with zero attached hydrogens (tertiary/aromatic N) is 6. The Hall–Kier alpha value is -2.78. The van der Waals surface area contributed by atoms with Crippen molar-refractivity contribution in [3.05, 3.63) is 30.6 Å². The van der Waals surface area contributed by atoms with E-state index in [0.29, 0.717) is 35.4 Å². The third kappa shape index (κ3) is 3.59. The maximum absolute atomic E-state index is 4.80. The van der Waals surface area contributed by atoms with Crippen LogP contribution >= 0.6 is 0 Å². The number of nitrogens with one attached hydrogen (secondary N) is 3. The Bertz CT molecular complexity index is 1000. The number of hydrogen-bond donors (Lipinski definition) is 3. The number of fused-ring (bicyclic) bond motifs is 2. The van der Waals surface area contributed by atoms with Gasteiger partial charge in [0.25, 0.3) is 5.78 Å². The van der Waals surface area contributed by atoms with E-state index in [-0.39, 0.29) is 0 Å². The summed E-state index contributed by atoms with van der Waals surface area (Å²) in [6.45, 7) is 10.8. The summed E-state index contributed by atoms with van der Waals surface area (Å²) in [6, 6.07) is 6.23. The van der Waals surface area contributed by atoms with Crippen LogP contribution in [-0.4, -0.2) is 56.8 Å². The molecule has 30 heavy (non-hydrogen) atoms. The first-order valence-electron chi connectivity index (χ1n) is 10.7. The normalized spacial score (nSPS) is 22.1. The van der Waals surface area contributed by atoms with Crippen molar-refractivity contribution >= 4 is 17.4 Å². The molecule has 3 aromatic rings. The van der Waals surface area contributed by atoms with E-state index in [2.05, 4.69) is 52.9 Å². The van der Waals surface area contributed by atoms with Gasteiger partial charge in [-0.25, -0.2) is 5.43 Å². The first kappa shape index (κ1) is 19.2. The highest BCUT2D eigenvalue weighted by molar-refractivity contribution is 5.61. The quantitative estimate of drug-likeness (QED) is 0.533. The molecule has 9 heteroatoms. The number of anilines is 2. The molecular weight excluding hydrogens is 378 g/mol. The van der Waals surface area contributed by atoms with E-state index in [9.17, 15) is 0 Å². The summed E-state index contributed by atoms with van der Waals surface area (Å²) in [4.78, 5) is 16.0. The van der Waals surface area contributed by atoms with Crippen molar-refractivity contribution in [2.75, 3.05) is 36.5 Å². The molecule has 0 spiro atoms. The number of hydrazine groups is 1. The van der Waals surface area contributed by atoms with Crippen LogP contribution in [0, 0.1) is 17.8 Å². The fourth-order valence-corrected chi connectivity index (χ4v) is 4.16. The number of aromatic nitrogens is 5. The Labute approximate surface area is 176 Å². The highest BCUT2D eigenvalue weighted by Gasteiger charge is 2.37. The Balaban J connectivity index is 1.52. The van der Waals surface area contributed by atoms with Crippen LogP contribution in [0.15, 0.2) is 30.6 Å². The van der Waals surface area contributed by atoms with Gasteiger partial charge in [0, 0.05) is 56.2 Å². The Kier molecular flexibility index (Phi) is 5.00. The lowest BCUT2D eigenvalue weighted by Gasteiger charge is -2.22. The van der Waals surface area contributed by atoms with Gasteiger partial charge in [-0.1, -0.05) is 13.8 Å². The molecule has 3 aromatic heterocycles. The Morgan fingerprint density at radius 3 is 2.50 bits per heavy atom. The molecule has 0 radical (unpaired) electrons. The lowest BCUT2D eigenvalue weighted by molar-refractivity contribution is 0.455. The molecule has 0 amide bonds. The highest BCUT2D eigenvalue weighted by Crippen LogP contribution is 2.32. The maximum atomic E-state index is 4.80. The van der Waals surface area contributed by atoms with E-state index in [1.54, 1.807) is 12.4 Å². The summed E-state index contributed by atoms with van der Waals surface area (Å²) in [5, 5.41) is 8.31. The van der Waals surface area contributed by atoms with Crippen LogP contribution in [0.5, 0.6) is 0 Å². The predicted octanol–water partition coefficient (Wildman–Crippen LogP) is 1.80. The highest BCUT2D eigenvalue weighted by atomic mass is 15.4. The SMILES string of the molecule is CC(C)C(C)NNc1cc(N2CC3CNCC3C2)n2nc(-c3ccncc3)nc2n1. The van der Waals surface area contributed by atoms with Crippen LogP contribution in [0.25, 0.3) is 17.2 Å². The minimum Gasteiger partial charge on any atom is -0.356 e. The Morgan fingerprint density at radius 1 is 1.07 bits per heavy atom. The molecule has 3 N–H and O–H groups in total. The van der Waals surface area contributed by atoms with E-state index < -0.39 is 0 Å². The van der Waals surface area contributed by atoms with E-state index in [0.717, 1.165) is 43.4 Å². The summed E-state index contributed by atoms with van der Waals surface area (Å²) < 4.78 is 1.88. The zero-order valence-corrected chi connectivity index (χ0v) is 17.7. The standard InChI is InChI=1S/C21H29N9/c1-13(2)14(3)26-27-18-8-19(29-11-16-9-23-10-17(16)12-29)30-21(24-18)25-20(28-30)15-4-6-22-7-5-15/h4-8,13-14,16-17,23,26H,9-12H2,1-3H3,(H,24,25,27,28). The summed E-state index contributed by atoms with van der Waals surface area (Å²) in [5.74, 6) is 4.93. The first-order valence-corrected chi connectivity index (χ1v) is 10.7. The molecule has 2 aliphatic heterocycles. The fraction of sp³-hybridized carbons (Fsp3) is 0.524. The second-order valence-electron chi connectivity index (χ2n) is 8.77. The van der Waals surface area contributed by atoms with Crippen LogP contribution in [0.1, 0.15) is 20.8 Å². The van der Waals surface area contributed by atoms with E-state index >= 15 is 0 Å². The van der Waals surface area contributed by atoms with E-state index in [4.69, 9.17) is 15.1 Å². The molecule has 3 atom stereocenters. The van der Waals surface area contributed by atoms with Gasteiger partial charge in [-0.05, 0) is 36.8 Å². The molecule has 158 valence electrons. The van der Waals surface area contributed by atoms with Crippen LogP contribution in [0.2, 0.25) is 0 Å². The minimum atomic E-state index is 0.314. The van der Waals surface area contributed by atoms with Crippen molar-refractivity contribution in [2.45, 2.75) is 26.8 Å². The van der Waals surface area contributed by atoms with Crippen molar-refractivity contribution in [3.8, 4) is 11.4 Å². The van der Waals surface area contributed by atoms with Gasteiger partial charge < -0.3 is 15.6 Å². The summed E-state index contributed by atoms with van der Waals surface area (Å²) in [7, 11) is 0. The predicted molar refractivity (Wildman–Crippen MR) is 117 cm³/mol. The zero-order chi connectivity index (χ0) is 20.7. The number of hydrogen-bond acceptors (Lipinski definition) is 8. The molecule has 0 aliphatic carbocycles. The molecule has 2 aliphatic rings. The molecule has 2 saturated heterocycles. The molecule has 3 unspecified atom stereocenters. The van der Waals surface area contributed by atoms with Crippen molar-refractivity contribution in [1.82, 2.24) is 35.3 Å². The third-order valence-electron chi connectivity index (χ3n) is 6.37. The zero-order valence-electron chi connectivity index (χ0n) is 17.7. The van der Waals surface area contributed by atoms with Crippen molar-refractivity contribution in [1.29, 1.82) is 0 Å². The van der Waals surface area contributed by atoms with Crippen molar-refractivity contribution in [2.24, 2.45) is 17.8 Å². The first-order chi connectivity index (χ1) is 14.6. The summed E-state index contributed by atoms with van der Waals surface area (Å²) >= 11 is 0. The van der Waals surface area contributed by atoms with Crippen LogP contribution in [-0.2, 0) is 0 Å². The van der Waals surface area contributed by atoms with Gasteiger partial charge in [0.05, 0.1) is 0 Å². The molecule has 9 nitrogen and oxygen atoms in total.